The van der Waals surface area contributed by atoms with E-state index in [2.05, 4.69) is 10.2 Å². The summed E-state index contributed by atoms with van der Waals surface area (Å²) in [5.74, 6) is 0.463. The number of anilines is 1. The predicted molar refractivity (Wildman–Crippen MR) is 86.9 cm³/mol. The normalized spacial score (nSPS) is 25.0. The van der Waals surface area contributed by atoms with Gasteiger partial charge in [-0.3, -0.25) is 9.69 Å². The van der Waals surface area contributed by atoms with Crippen molar-refractivity contribution in [3.05, 3.63) is 29.3 Å². The van der Waals surface area contributed by atoms with E-state index in [0.29, 0.717) is 11.8 Å². The zero-order valence-corrected chi connectivity index (χ0v) is 13.1. The van der Waals surface area contributed by atoms with Gasteiger partial charge in [0.1, 0.15) is 5.78 Å². The second-order valence-electron chi connectivity index (χ2n) is 6.19. The van der Waals surface area contributed by atoms with Crippen LogP contribution in [0.5, 0.6) is 0 Å². The van der Waals surface area contributed by atoms with Gasteiger partial charge in [0.15, 0.2) is 0 Å². The molecule has 3 rings (SSSR count). The maximum Gasteiger partial charge on any atom is 0.149 e. The highest BCUT2D eigenvalue weighted by Gasteiger charge is 2.30. The molecule has 1 aliphatic carbocycles. The second kappa shape index (κ2) is 6.80. The number of carbonyl (C=O) groups is 1. The molecule has 0 amide bonds. The van der Waals surface area contributed by atoms with Crippen LogP contribution in [0.25, 0.3) is 0 Å². The number of carbonyl (C=O) groups excluding carboxylic acids is 1. The summed E-state index contributed by atoms with van der Waals surface area (Å²) in [5, 5.41) is 4.34. The number of rotatable bonds is 3. The van der Waals surface area contributed by atoms with E-state index in [0.717, 1.165) is 55.9 Å². The number of Topliss-reactive ketones (excluding diaryl/α,β-unsaturated/α-hetero) is 1. The highest BCUT2D eigenvalue weighted by molar-refractivity contribution is 6.30. The van der Waals surface area contributed by atoms with Crippen LogP contribution in [-0.2, 0) is 4.79 Å². The lowest BCUT2D eigenvalue weighted by Gasteiger charge is -2.38. The molecule has 1 aromatic carbocycles. The molecular formula is C17H23ClN2O. The van der Waals surface area contributed by atoms with Gasteiger partial charge in [-0.05, 0) is 49.9 Å². The maximum absolute atomic E-state index is 12.0. The van der Waals surface area contributed by atoms with Crippen molar-refractivity contribution in [3.63, 3.8) is 0 Å². The van der Waals surface area contributed by atoms with Crippen LogP contribution in [0.15, 0.2) is 24.3 Å². The first-order chi connectivity index (χ1) is 10.2. The van der Waals surface area contributed by atoms with Crippen LogP contribution in [-0.4, -0.2) is 35.9 Å². The summed E-state index contributed by atoms with van der Waals surface area (Å²) in [5.41, 5.74) is 1.13. The Labute approximate surface area is 131 Å². The summed E-state index contributed by atoms with van der Waals surface area (Å²) >= 11 is 5.91. The molecule has 4 heteroatoms. The minimum Gasteiger partial charge on any atom is -0.382 e. The zero-order valence-electron chi connectivity index (χ0n) is 12.4. The molecule has 1 saturated heterocycles. The third-order valence-corrected chi connectivity index (χ3v) is 4.96. The van der Waals surface area contributed by atoms with E-state index in [1.165, 1.54) is 6.42 Å². The van der Waals surface area contributed by atoms with Gasteiger partial charge in [0.2, 0.25) is 0 Å². The van der Waals surface area contributed by atoms with E-state index in [9.17, 15) is 4.79 Å². The molecule has 1 N–H and O–H groups in total. The fourth-order valence-corrected chi connectivity index (χ4v) is 3.61. The lowest BCUT2D eigenvalue weighted by Crippen LogP contribution is -2.48. The molecule has 1 aromatic rings. The molecule has 114 valence electrons. The van der Waals surface area contributed by atoms with Crippen molar-refractivity contribution in [2.24, 2.45) is 0 Å². The molecule has 3 nitrogen and oxygen atoms in total. The van der Waals surface area contributed by atoms with Crippen molar-refractivity contribution >= 4 is 23.1 Å². The minimum atomic E-state index is 0.204. The van der Waals surface area contributed by atoms with E-state index < -0.39 is 0 Å². The number of halogens is 1. The first-order valence-electron chi connectivity index (χ1n) is 8.01. The maximum atomic E-state index is 12.0. The average molecular weight is 307 g/mol. The van der Waals surface area contributed by atoms with Crippen LogP contribution in [0.2, 0.25) is 5.02 Å². The molecule has 1 aliphatic heterocycles. The van der Waals surface area contributed by atoms with Crippen LogP contribution in [0.1, 0.15) is 38.5 Å². The van der Waals surface area contributed by atoms with Gasteiger partial charge in [0.05, 0.1) is 6.04 Å². The Hall–Kier alpha value is -1.06. The Bertz CT molecular complexity index is 480. The summed E-state index contributed by atoms with van der Waals surface area (Å²) in [4.78, 5) is 14.4. The molecule has 1 unspecified atom stereocenters. The van der Waals surface area contributed by atoms with E-state index in [4.69, 9.17) is 11.6 Å². The standard InChI is InChI=1S/C17H23ClN2O/c18-13-5-7-14(8-6-13)19-15-9-11-20(12-10-15)16-3-1-2-4-17(16)21/h5-8,15-16,19H,1-4,9-12H2. The van der Waals surface area contributed by atoms with Crippen molar-refractivity contribution in [3.8, 4) is 0 Å². The molecule has 0 spiro atoms. The van der Waals surface area contributed by atoms with Crippen LogP contribution < -0.4 is 5.32 Å². The Morgan fingerprint density at radius 1 is 1.05 bits per heavy atom. The van der Waals surface area contributed by atoms with Gasteiger partial charge < -0.3 is 5.32 Å². The number of hydrogen-bond donors (Lipinski definition) is 1. The number of nitrogens with one attached hydrogen (secondary N) is 1. The third-order valence-electron chi connectivity index (χ3n) is 4.71. The molecule has 2 fully saturated rings. The number of piperidine rings is 1. The van der Waals surface area contributed by atoms with Gasteiger partial charge in [0.25, 0.3) is 0 Å². The lowest BCUT2D eigenvalue weighted by atomic mass is 9.91. The molecule has 21 heavy (non-hydrogen) atoms. The number of hydrogen-bond acceptors (Lipinski definition) is 3. The van der Waals surface area contributed by atoms with E-state index in [-0.39, 0.29) is 6.04 Å². The smallest absolute Gasteiger partial charge is 0.149 e. The molecule has 1 atom stereocenters. The fourth-order valence-electron chi connectivity index (χ4n) is 3.49. The van der Waals surface area contributed by atoms with Crippen molar-refractivity contribution in [1.29, 1.82) is 0 Å². The summed E-state index contributed by atoms with van der Waals surface area (Å²) < 4.78 is 0. The summed E-state index contributed by atoms with van der Waals surface area (Å²) in [6.45, 7) is 2.06. The SMILES string of the molecule is O=C1CCCCC1N1CCC(Nc2ccc(Cl)cc2)CC1. The first kappa shape index (κ1) is 14.9. The number of nitrogens with zero attached hydrogens (tertiary/aromatic N) is 1. The van der Waals surface area contributed by atoms with Gasteiger partial charge in [-0.2, -0.15) is 0 Å². The van der Waals surface area contributed by atoms with Gasteiger partial charge in [-0.15, -0.1) is 0 Å². The molecular weight excluding hydrogens is 284 g/mol. The van der Waals surface area contributed by atoms with Crippen LogP contribution in [0.4, 0.5) is 5.69 Å². The van der Waals surface area contributed by atoms with Gasteiger partial charge in [-0.25, -0.2) is 0 Å². The van der Waals surface area contributed by atoms with E-state index in [1.54, 1.807) is 0 Å². The minimum absolute atomic E-state index is 0.204. The summed E-state index contributed by atoms with van der Waals surface area (Å²) in [7, 11) is 0. The highest BCUT2D eigenvalue weighted by atomic mass is 35.5. The number of likely N-dealkylation sites (tertiary alicyclic amines) is 1. The molecule has 1 heterocycles. The van der Waals surface area contributed by atoms with Crippen molar-refractivity contribution in [2.45, 2.75) is 50.6 Å². The van der Waals surface area contributed by atoms with Crippen LogP contribution >= 0.6 is 11.6 Å². The third kappa shape index (κ3) is 3.78. The summed E-state index contributed by atoms with van der Waals surface area (Å²) in [6.07, 6.45) is 6.35. The Morgan fingerprint density at radius 2 is 1.76 bits per heavy atom. The highest BCUT2D eigenvalue weighted by Crippen LogP contribution is 2.24. The second-order valence-corrected chi connectivity index (χ2v) is 6.63. The largest absolute Gasteiger partial charge is 0.382 e. The summed E-state index contributed by atoms with van der Waals surface area (Å²) in [6, 6.07) is 8.59. The topological polar surface area (TPSA) is 32.3 Å². The fraction of sp³-hybridized carbons (Fsp3) is 0.588. The number of benzene rings is 1. The molecule has 0 aromatic heterocycles. The quantitative estimate of drug-likeness (QED) is 0.923. The Morgan fingerprint density at radius 3 is 2.43 bits per heavy atom. The van der Waals surface area contributed by atoms with Gasteiger partial charge in [-0.1, -0.05) is 18.0 Å². The zero-order chi connectivity index (χ0) is 14.7. The molecule has 0 bridgehead atoms. The van der Waals surface area contributed by atoms with E-state index in [1.807, 2.05) is 24.3 Å². The first-order valence-corrected chi connectivity index (χ1v) is 8.39. The Balaban J connectivity index is 1.50. The van der Waals surface area contributed by atoms with Gasteiger partial charge in [0, 0.05) is 36.3 Å². The molecule has 0 radical (unpaired) electrons. The molecule has 2 aliphatic rings. The predicted octanol–water partition coefficient (Wildman–Crippen LogP) is 3.73. The van der Waals surface area contributed by atoms with Crippen LogP contribution in [0.3, 0.4) is 0 Å². The van der Waals surface area contributed by atoms with Gasteiger partial charge >= 0.3 is 0 Å². The van der Waals surface area contributed by atoms with E-state index >= 15 is 0 Å². The average Bonchev–Trinajstić information content (AvgIpc) is 2.51. The van der Waals surface area contributed by atoms with Crippen molar-refractivity contribution in [2.75, 3.05) is 18.4 Å². The van der Waals surface area contributed by atoms with Crippen LogP contribution in [0, 0.1) is 0 Å². The Kier molecular flexibility index (Phi) is 4.81. The number of ketones is 1. The van der Waals surface area contributed by atoms with Crippen molar-refractivity contribution < 1.29 is 4.79 Å². The molecule has 1 saturated carbocycles. The monoisotopic (exact) mass is 306 g/mol. The van der Waals surface area contributed by atoms with Crippen molar-refractivity contribution in [1.82, 2.24) is 4.90 Å². The lowest BCUT2D eigenvalue weighted by molar-refractivity contribution is -0.126.